The van der Waals surface area contributed by atoms with E-state index in [9.17, 15) is 14.4 Å². The van der Waals surface area contributed by atoms with Gasteiger partial charge in [-0.15, -0.1) is 0 Å². The Balaban J connectivity index is 1.51. The number of hydrogen-bond donors (Lipinski definition) is 1. The van der Waals surface area contributed by atoms with E-state index in [0.717, 1.165) is 0 Å². The SMILES string of the molecule is CCOc1ccc(N2C[C@H](C(=O)OCC(=O)Nc3cc(C)on3)CC2=O)cc1. The van der Waals surface area contributed by atoms with E-state index in [1.807, 2.05) is 6.92 Å². The second-order valence-electron chi connectivity index (χ2n) is 6.31. The van der Waals surface area contributed by atoms with Gasteiger partial charge in [0.2, 0.25) is 5.91 Å². The molecule has 1 saturated heterocycles. The molecule has 1 fully saturated rings. The maximum Gasteiger partial charge on any atom is 0.311 e. The fourth-order valence-electron chi connectivity index (χ4n) is 2.86. The van der Waals surface area contributed by atoms with Gasteiger partial charge in [-0.3, -0.25) is 14.4 Å². The molecule has 0 aliphatic carbocycles. The summed E-state index contributed by atoms with van der Waals surface area (Å²) in [5.41, 5.74) is 0.683. The average Bonchev–Trinajstić information content (AvgIpc) is 3.26. The Morgan fingerprint density at radius 1 is 1.32 bits per heavy atom. The summed E-state index contributed by atoms with van der Waals surface area (Å²) >= 11 is 0. The molecular formula is C19H21N3O6. The van der Waals surface area contributed by atoms with Crippen LogP contribution in [-0.2, 0) is 19.1 Å². The smallest absolute Gasteiger partial charge is 0.311 e. The number of hydrogen-bond acceptors (Lipinski definition) is 7. The first kappa shape index (κ1) is 19.4. The van der Waals surface area contributed by atoms with E-state index in [1.165, 1.54) is 4.90 Å². The van der Waals surface area contributed by atoms with Gasteiger partial charge in [-0.25, -0.2) is 0 Å². The molecule has 1 aromatic carbocycles. The van der Waals surface area contributed by atoms with Crippen molar-refractivity contribution in [1.82, 2.24) is 5.16 Å². The average molecular weight is 387 g/mol. The van der Waals surface area contributed by atoms with Crippen LogP contribution in [0.2, 0.25) is 0 Å². The van der Waals surface area contributed by atoms with E-state index in [-0.39, 0.29) is 24.7 Å². The summed E-state index contributed by atoms with van der Waals surface area (Å²) < 4.78 is 15.3. The second kappa shape index (κ2) is 8.55. The van der Waals surface area contributed by atoms with Crippen LogP contribution in [0.1, 0.15) is 19.1 Å². The molecule has 148 valence electrons. The fourth-order valence-corrected chi connectivity index (χ4v) is 2.86. The highest BCUT2D eigenvalue weighted by Crippen LogP contribution is 2.27. The Hall–Kier alpha value is -3.36. The Kier molecular flexibility index (Phi) is 5.93. The van der Waals surface area contributed by atoms with Gasteiger partial charge in [0.15, 0.2) is 12.4 Å². The van der Waals surface area contributed by atoms with Crippen LogP contribution in [0.15, 0.2) is 34.9 Å². The summed E-state index contributed by atoms with van der Waals surface area (Å²) in [7, 11) is 0. The number of esters is 1. The minimum Gasteiger partial charge on any atom is -0.494 e. The van der Waals surface area contributed by atoms with Crippen molar-refractivity contribution in [3.8, 4) is 5.75 Å². The highest BCUT2D eigenvalue weighted by Gasteiger charge is 2.36. The fraction of sp³-hybridized carbons (Fsp3) is 0.368. The maximum absolute atomic E-state index is 12.3. The van der Waals surface area contributed by atoms with Crippen LogP contribution in [-0.4, -0.2) is 42.7 Å². The van der Waals surface area contributed by atoms with Crippen LogP contribution < -0.4 is 15.0 Å². The van der Waals surface area contributed by atoms with Crippen molar-refractivity contribution < 1.29 is 28.4 Å². The lowest BCUT2D eigenvalue weighted by Gasteiger charge is -2.17. The number of benzene rings is 1. The molecule has 1 atom stereocenters. The molecule has 28 heavy (non-hydrogen) atoms. The third kappa shape index (κ3) is 4.67. The quantitative estimate of drug-likeness (QED) is 0.723. The predicted octanol–water partition coefficient (Wildman–Crippen LogP) is 1.92. The Bertz CT molecular complexity index is 861. The molecule has 2 aromatic rings. The molecule has 1 aliphatic rings. The first-order valence-electron chi connectivity index (χ1n) is 8.89. The van der Waals surface area contributed by atoms with Gasteiger partial charge in [0.1, 0.15) is 11.5 Å². The van der Waals surface area contributed by atoms with Gasteiger partial charge < -0.3 is 24.2 Å². The largest absolute Gasteiger partial charge is 0.494 e. The van der Waals surface area contributed by atoms with Crippen molar-refractivity contribution in [3.05, 3.63) is 36.1 Å². The van der Waals surface area contributed by atoms with E-state index in [1.54, 1.807) is 37.3 Å². The number of carbonyl (C=O) groups is 3. The molecule has 0 unspecified atom stereocenters. The van der Waals surface area contributed by atoms with Gasteiger partial charge in [0.05, 0.1) is 12.5 Å². The zero-order chi connectivity index (χ0) is 20.1. The lowest BCUT2D eigenvalue weighted by atomic mass is 10.1. The van der Waals surface area contributed by atoms with Crippen LogP contribution in [0, 0.1) is 12.8 Å². The topological polar surface area (TPSA) is 111 Å². The molecule has 0 saturated carbocycles. The molecule has 2 heterocycles. The molecule has 0 radical (unpaired) electrons. The Labute approximate surface area is 161 Å². The van der Waals surface area contributed by atoms with Crippen molar-refractivity contribution in [1.29, 1.82) is 0 Å². The number of carbonyl (C=O) groups excluding carboxylic acids is 3. The summed E-state index contributed by atoms with van der Waals surface area (Å²) in [4.78, 5) is 37.8. The van der Waals surface area contributed by atoms with Crippen molar-refractivity contribution in [2.24, 2.45) is 5.92 Å². The molecule has 0 spiro atoms. The zero-order valence-corrected chi connectivity index (χ0v) is 15.6. The van der Waals surface area contributed by atoms with Gasteiger partial charge >= 0.3 is 5.97 Å². The number of aryl methyl sites for hydroxylation is 1. The number of ether oxygens (including phenoxy) is 2. The lowest BCUT2D eigenvalue weighted by Crippen LogP contribution is -2.28. The van der Waals surface area contributed by atoms with Crippen LogP contribution in [0.3, 0.4) is 0 Å². The van der Waals surface area contributed by atoms with Crippen LogP contribution >= 0.6 is 0 Å². The van der Waals surface area contributed by atoms with Crippen molar-refractivity contribution in [2.45, 2.75) is 20.3 Å². The molecule has 2 amide bonds. The summed E-state index contributed by atoms with van der Waals surface area (Å²) in [6.45, 7) is 3.88. The maximum atomic E-state index is 12.3. The molecule has 0 bridgehead atoms. The third-order valence-electron chi connectivity index (χ3n) is 4.16. The molecule has 9 heteroatoms. The number of rotatable bonds is 7. The van der Waals surface area contributed by atoms with Gasteiger partial charge in [0.25, 0.3) is 5.91 Å². The standard InChI is InChI=1S/C19H21N3O6/c1-3-26-15-6-4-14(5-7-15)22-10-13(9-18(22)24)19(25)27-11-17(23)20-16-8-12(2)28-21-16/h4-8,13H,3,9-11H2,1-2H3,(H,20,21,23)/t13-/m1/s1. The van der Waals surface area contributed by atoms with Crippen LogP contribution in [0.4, 0.5) is 11.5 Å². The molecule has 1 N–H and O–H groups in total. The highest BCUT2D eigenvalue weighted by atomic mass is 16.5. The van der Waals surface area contributed by atoms with Crippen molar-refractivity contribution >= 4 is 29.3 Å². The molecule has 9 nitrogen and oxygen atoms in total. The summed E-state index contributed by atoms with van der Waals surface area (Å²) in [5, 5.41) is 6.08. The first-order chi connectivity index (χ1) is 13.5. The zero-order valence-electron chi connectivity index (χ0n) is 15.6. The number of amides is 2. The van der Waals surface area contributed by atoms with E-state index < -0.39 is 24.4 Å². The van der Waals surface area contributed by atoms with E-state index in [4.69, 9.17) is 14.0 Å². The van der Waals surface area contributed by atoms with Gasteiger partial charge in [-0.05, 0) is 38.1 Å². The van der Waals surface area contributed by atoms with Gasteiger partial charge in [-0.2, -0.15) is 0 Å². The monoisotopic (exact) mass is 387 g/mol. The molecular weight excluding hydrogens is 366 g/mol. The first-order valence-corrected chi connectivity index (χ1v) is 8.89. The number of aromatic nitrogens is 1. The second-order valence-corrected chi connectivity index (χ2v) is 6.31. The van der Waals surface area contributed by atoms with Crippen molar-refractivity contribution in [3.63, 3.8) is 0 Å². The summed E-state index contributed by atoms with van der Waals surface area (Å²) in [5.74, 6) is -0.415. The minimum atomic E-state index is -0.624. The number of anilines is 2. The Morgan fingerprint density at radius 2 is 2.07 bits per heavy atom. The number of nitrogens with zero attached hydrogens (tertiary/aromatic N) is 2. The van der Waals surface area contributed by atoms with E-state index in [2.05, 4.69) is 10.5 Å². The minimum absolute atomic E-state index is 0.0378. The lowest BCUT2D eigenvalue weighted by molar-refractivity contribution is -0.151. The van der Waals surface area contributed by atoms with E-state index >= 15 is 0 Å². The Morgan fingerprint density at radius 3 is 2.71 bits per heavy atom. The third-order valence-corrected chi connectivity index (χ3v) is 4.16. The van der Waals surface area contributed by atoms with Gasteiger partial charge in [-0.1, -0.05) is 5.16 Å². The van der Waals surface area contributed by atoms with E-state index in [0.29, 0.717) is 23.8 Å². The predicted molar refractivity (Wildman–Crippen MR) is 98.9 cm³/mol. The normalized spacial score (nSPS) is 16.1. The van der Waals surface area contributed by atoms with Crippen LogP contribution in [0.5, 0.6) is 5.75 Å². The van der Waals surface area contributed by atoms with Crippen LogP contribution in [0.25, 0.3) is 0 Å². The highest BCUT2D eigenvalue weighted by molar-refractivity contribution is 6.00. The molecule has 1 aromatic heterocycles. The number of nitrogens with one attached hydrogen (secondary N) is 1. The van der Waals surface area contributed by atoms with Crippen molar-refractivity contribution in [2.75, 3.05) is 30.0 Å². The molecule has 1 aliphatic heterocycles. The molecule has 3 rings (SSSR count). The summed E-state index contributed by atoms with van der Waals surface area (Å²) in [6.07, 6.45) is 0.0378. The summed E-state index contributed by atoms with van der Waals surface area (Å²) in [6, 6.07) is 8.62. The van der Waals surface area contributed by atoms with Gasteiger partial charge in [0, 0.05) is 24.7 Å².